The summed E-state index contributed by atoms with van der Waals surface area (Å²) >= 11 is 0. The average molecular weight is 225 g/mol. The monoisotopic (exact) mass is 225 g/mol. The second-order valence-electron chi connectivity index (χ2n) is 3.82. The van der Waals surface area contributed by atoms with E-state index in [4.69, 9.17) is 4.74 Å². The van der Waals surface area contributed by atoms with Gasteiger partial charge in [0.2, 0.25) is 0 Å². The maximum absolute atomic E-state index is 13.4. The van der Waals surface area contributed by atoms with E-state index in [9.17, 15) is 9.18 Å². The molecule has 16 heavy (non-hydrogen) atoms. The molecule has 0 bridgehead atoms. The molecule has 0 amide bonds. The normalized spacial score (nSPS) is 10.6. The summed E-state index contributed by atoms with van der Waals surface area (Å²) in [4.78, 5) is 13.2. The highest BCUT2D eigenvalue weighted by atomic mass is 19.1. The van der Waals surface area contributed by atoms with Gasteiger partial charge in [-0.1, -0.05) is 6.07 Å². The summed E-state index contributed by atoms with van der Waals surface area (Å²) in [5.41, 5.74) is 0.291. The van der Waals surface area contributed by atoms with Crippen LogP contribution < -0.4 is 4.74 Å². The van der Waals surface area contributed by atoms with Crippen LogP contribution in [0.4, 0.5) is 4.39 Å². The summed E-state index contributed by atoms with van der Waals surface area (Å²) in [6, 6.07) is 4.36. The molecule has 0 spiro atoms. The van der Waals surface area contributed by atoms with Crippen molar-refractivity contribution in [1.29, 1.82) is 0 Å². The second-order valence-corrected chi connectivity index (χ2v) is 3.82. The van der Waals surface area contributed by atoms with Crippen molar-refractivity contribution in [3.05, 3.63) is 29.6 Å². The number of nitrogens with zero attached hydrogens (tertiary/aromatic N) is 1. The van der Waals surface area contributed by atoms with Crippen molar-refractivity contribution in [1.82, 2.24) is 4.90 Å². The Morgan fingerprint density at radius 3 is 2.69 bits per heavy atom. The summed E-state index contributed by atoms with van der Waals surface area (Å²) in [7, 11) is 3.80. The minimum atomic E-state index is -0.494. The summed E-state index contributed by atoms with van der Waals surface area (Å²) in [6.45, 7) is 2.42. The lowest BCUT2D eigenvalue weighted by Crippen LogP contribution is -2.20. The van der Waals surface area contributed by atoms with Crippen molar-refractivity contribution in [3.8, 4) is 5.75 Å². The molecule has 0 fully saturated rings. The second kappa shape index (κ2) is 5.61. The first-order chi connectivity index (χ1) is 7.52. The third-order valence-electron chi connectivity index (χ3n) is 2.13. The Kier molecular flexibility index (Phi) is 4.43. The summed E-state index contributed by atoms with van der Waals surface area (Å²) < 4.78 is 18.7. The van der Waals surface area contributed by atoms with Gasteiger partial charge in [-0.05, 0) is 33.2 Å². The molecule has 0 radical (unpaired) electrons. The molecule has 4 heteroatoms. The quantitative estimate of drug-likeness (QED) is 0.717. The van der Waals surface area contributed by atoms with E-state index < -0.39 is 5.82 Å². The number of hydrogen-bond acceptors (Lipinski definition) is 3. The van der Waals surface area contributed by atoms with Gasteiger partial charge in [0.1, 0.15) is 6.61 Å². The standard InChI is InChI=1S/C12H16FNO2/c1-9(15)10-5-4-6-11(13)12(10)16-8-7-14(2)3/h4-6H,7-8H2,1-3H3. The van der Waals surface area contributed by atoms with Crippen molar-refractivity contribution in [2.45, 2.75) is 6.92 Å². The lowest BCUT2D eigenvalue weighted by molar-refractivity contribution is 0.101. The fourth-order valence-electron chi connectivity index (χ4n) is 1.26. The molecule has 3 nitrogen and oxygen atoms in total. The van der Waals surface area contributed by atoms with Gasteiger partial charge in [-0.15, -0.1) is 0 Å². The van der Waals surface area contributed by atoms with Gasteiger partial charge in [0, 0.05) is 6.54 Å². The van der Waals surface area contributed by atoms with Crippen LogP contribution in [0.15, 0.2) is 18.2 Å². The first-order valence-corrected chi connectivity index (χ1v) is 5.09. The Morgan fingerprint density at radius 2 is 2.12 bits per heavy atom. The highest BCUT2D eigenvalue weighted by Crippen LogP contribution is 2.22. The zero-order chi connectivity index (χ0) is 12.1. The van der Waals surface area contributed by atoms with Crippen LogP contribution in [0.1, 0.15) is 17.3 Å². The highest BCUT2D eigenvalue weighted by molar-refractivity contribution is 5.96. The molecule has 0 aliphatic carbocycles. The smallest absolute Gasteiger partial charge is 0.165 e. The number of carbonyl (C=O) groups excluding carboxylic acids is 1. The Balaban J connectivity index is 2.80. The SMILES string of the molecule is CC(=O)c1cccc(F)c1OCCN(C)C. The van der Waals surface area contributed by atoms with Crippen LogP contribution in [0.5, 0.6) is 5.75 Å². The van der Waals surface area contributed by atoms with E-state index in [1.54, 1.807) is 6.07 Å². The Hall–Kier alpha value is -1.42. The van der Waals surface area contributed by atoms with Crippen LogP contribution >= 0.6 is 0 Å². The van der Waals surface area contributed by atoms with Crippen LogP contribution in [-0.4, -0.2) is 37.9 Å². The van der Waals surface area contributed by atoms with Crippen LogP contribution in [0.2, 0.25) is 0 Å². The van der Waals surface area contributed by atoms with Gasteiger partial charge in [0.15, 0.2) is 17.3 Å². The third kappa shape index (κ3) is 3.31. The van der Waals surface area contributed by atoms with E-state index in [0.29, 0.717) is 18.7 Å². The molecule has 0 N–H and O–H groups in total. The van der Waals surface area contributed by atoms with Crippen molar-refractivity contribution < 1.29 is 13.9 Å². The van der Waals surface area contributed by atoms with E-state index in [1.165, 1.54) is 19.1 Å². The van der Waals surface area contributed by atoms with E-state index in [1.807, 2.05) is 19.0 Å². The lowest BCUT2D eigenvalue weighted by atomic mass is 10.1. The number of likely N-dealkylation sites (N-methyl/N-ethyl adjacent to an activating group) is 1. The number of halogens is 1. The summed E-state index contributed by atoms with van der Waals surface area (Å²) in [5, 5.41) is 0. The van der Waals surface area contributed by atoms with E-state index in [-0.39, 0.29) is 11.5 Å². The van der Waals surface area contributed by atoms with Crippen molar-refractivity contribution in [3.63, 3.8) is 0 Å². The van der Waals surface area contributed by atoms with Crippen LogP contribution in [0, 0.1) is 5.82 Å². The summed E-state index contributed by atoms with van der Waals surface area (Å²) in [6.07, 6.45) is 0. The van der Waals surface area contributed by atoms with E-state index >= 15 is 0 Å². The maximum Gasteiger partial charge on any atom is 0.165 e. The Morgan fingerprint density at radius 1 is 1.44 bits per heavy atom. The average Bonchev–Trinajstić information content (AvgIpc) is 2.19. The molecule has 0 atom stereocenters. The Bertz CT molecular complexity index is 377. The zero-order valence-electron chi connectivity index (χ0n) is 9.79. The molecular formula is C12H16FNO2. The van der Waals surface area contributed by atoms with Gasteiger partial charge in [-0.25, -0.2) is 4.39 Å². The molecule has 0 heterocycles. The molecule has 88 valence electrons. The van der Waals surface area contributed by atoms with Gasteiger partial charge in [0.25, 0.3) is 0 Å². The summed E-state index contributed by atoms with van der Waals surface area (Å²) in [5.74, 6) is -0.636. The fraction of sp³-hybridized carbons (Fsp3) is 0.417. The topological polar surface area (TPSA) is 29.5 Å². The molecule has 1 aromatic carbocycles. The zero-order valence-corrected chi connectivity index (χ0v) is 9.79. The maximum atomic E-state index is 13.4. The molecule has 0 aliphatic heterocycles. The number of Topliss-reactive ketones (excluding diaryl/α,β-unsaturated/α-hetero) is 1. The molecular weight excluding hydrogens is 209 g/mol. The van der Waals surface area contributed by atoms with Gasteiger partial charge in [-0.2, -0.15) is 0 Å². The number of ether oxygens (including phenoxy) is 1. The highest BCUT2D eigenvalue weighted by Gasteiger charge is 2.13. The van der Waals surface area contributed by atoms with E-state index in [2.05, 4.69) is 0 Å². The molecule has 0 aromatic heterocycles. The number of carbonyl (C=O) groups is 1. The number of rotatable bonds is 5. The van der Waals surface area contributed by atoms with Gasteiger partial charge in [-0.3, -0.25) is 4.79 Å². The Labute approximate surface area is 94.8 Å². The predicted molar refractivity (Wildman–Crippen MR) is 60.5 cm³/mol. The van der Waals surface area contributed by atoms with Gasteiger partial charge < -0.3 is 9.64 Å². The molecule has 0 saturated carbocycles. The first kappa shape index (κ1) is 12.6. The largest absolute Gasteiger partial charge is 0.488 e. The number of benzene rings is 1. The molecule has 0 aliphatic rings. The van der Waals surface area contributed by atoms with Crippen LogP contribution in [-0.2, 0) is 0 Å². The van der Waals surface area contributed by atoms with Crippen molar-refractivity contribution in [2.75, 3.05) is 27.2 Å². The van der Waals surface area contributed by atoms with E-state index in [0.717, 1.165) is 0 Å². The molecule has 1 rings (SSSR count). The first-order valence-electron chi connectivity index (χ1n) is 5.09. The van der Waals surface area contributed by atoms with Gasteiger partial charge in [0.05, 0.1) is 5.56 Å². The predicted octanol–water partition coefficient (Wildman–Crippen LogP) is 1.97. The molecule has 1 aromatic rings. The van der Waals surface area contributed by atoms with Crippen LogP contribution in [0.3, 0.4) is 0 Å². The molecule has 0 saturated heterocycles. The fourth-order valence-corrected chi connectivity index (χ4v) is 1.26. The minimum Gasteiger partial charge on any atom is -0.488 e. The minimum absolute atomic E-state index is 0.0526. The number of ketones is 1. The number of para-hydroxylation sites is 1. The third-order valence-corrected chi connectivity index (χ3v) is 2.13. The van der Waals surface area contributed by atoms with Crippen molar-refractivity contribution in [2.24, 2.45) is 0 Å². The van der Waals surface area contributed by atoms with Crippen molar-refractivity contribution >= 4 is 5.78 Å². The lowest BCUT2D eigenvalue weighted by Gasteiger charge is -2.13. The number of hydrogen-bond donors (Lipinski definition) is 0. The van der Waals surface area contributed by atoms with Gasteiger partial charge >= 0.3 is 0 Å². The van der Waals surface area contributed by atoms with Crippen LogP contribution in [0.25, 0.3) is 0 Å². The molecule has 0 unspecified atom stereocenters.